The van der Waals surface area contributed by atoms with E-state index in [9.17, 15) is 9.59 Å². The van der Waals surface area contributed by atoms with Gasteiger partial charge in [-0.05, 0) is 58.2 Å². The number of carbonyl (C=O) groups excluding carboxylic acids is 2. The van der Waals surface area contributed by atoms with Gasteiger partial charge in [-0.25, -0.2) is 4.79 Å². The van der Waals surface area contributed by atoms with Crippen molar-refractivity contribution in [2.24, 2.45) is 0 Å². The Labute approximate surface area is 190 Å². The number of rotatable bonds is 3. The summed E-state index contributed by atoms with van der Waals surface area (Å²) in [5, 5.41) is 0. The monoisotopic (exact) mass is 435 g/mol. The SMILES string of the molecule is Cc1ccc(CN2CN(c3ccccc3)C3(CCN(C(=O)OC(C)(C)C)CC3)C2=O)cc1. The fraction of sp³-hybridized carbons (Fsp3) is 0.462. The van der Waals surface area contributed by atoms with Gasteiger partial charge in [0.15, 0.2) is 0 Å². The normalized spacial score (nSPS) is 18.4. The minimum absolute atomic E-state index is 0.144. The first-order valence-corrected chi connectivity index (χ1v) is 11.3. The van der Waals surface area contributed by atoms with Gasteiger partial charge in [-0.3, -0.25) is 4.79 Å². The van der Waals surface area contributed by atoms with E-state index in [1.807, 2.05) is 43.9 Å². The number of benzene rings is 2. The van der Waals surface area contributed by atoms with Gasteiger partial charge in [-0.1, -0.05) is 48.0 Å². The standard InChI is InChI=1S/C26H33N3O3/c1-20-10-12-21(13-11-20)18-28-19-29(22-8-6-5-7-9-22)26(23(28)30)14-16-27(17-15-26)24(31)32-25(2,3)4/h5-13H,14-19H2,1-4H3. The Morgan fingerprint density at radius 2 is 1.62 bits per heavy atom. The first-order valence-electron chi connectivity index (χ1n) is 11.3. The molecular weight excluding hydrogens is 402 g/mol. The summed E-state index contributed by atoms with van der Waals surface area (Å²) < 4.78 is 5.55. The second-order valence-electron chi connectivity index (χ2n) is 9.89. The molecular formula is C26H33N3O3. The van der Waals surface area contributed by atoms with Gasteiger partial charge < -0.3 is 19.4 Å². The van der Waals surface area contributed by atoms with Gasteiger partial charge in [-0.2, -0.15) is 0 Å². The highest BCUT2D eigenvalue weighted by atomic mass is 16.6. The first kappa shape index (κ1) is 22.2. The molecule has 1 spiro atoms. The average Bonchev–Trinajstić information content (AvgIpc) is 3.01. The molecule has 0 N–H and O–H groups in total. The van der Waals surface area contributed by atoms with Crippen LogP contribution in [-0.2, 0) is 16.1 Å². The van der Waals surface area contributed by atoms with Crippen molar-refractivity contribution in [1.29, 1.82) is 0 Å². The van der Waals surface area contributed by atoms with Crippen LogP contribution < -0.4 is 4.90 Å². The smallest absolute Gasteiger partial charge is 0.410 e. The highest BCUT2D eigenvalue weighted by Crippen LogP contribution is 2.40. The predicted molar refractivity (Wildman–Crippen MR) is 125 cm³/mol. The van der Waals surface area contributed by atoms with Crippen molar-refractivity contribution in [3.8, 4) is 0 Å². The van der Waals surface area contributed by atoms with Gasteiger partial charge in [0, 0.05) is 25.3 Å². The van der Waals surface area contributed by atoms with Crippen molar-refractivity contribution in [2.75, 3.05) is 24.7 Å². The van der Waals surface area contributed by atoms with Crippen LogP contribution in [0, 0.1) is 6.92 Å². The lowest BCUT2D eigenvalue weighted by Crippen LogP contribution is -2.57. The molecule has 2 aliphatic rings. The van der Waals surface area contributed by atoms with Crippen LogP contribution in [-0.4, -0.2) is 52.7 Å². The van der Waals surface area contributed by atoms with Crippen molar-refractivity contribution in [3.05, 3.63) is 65.7 Å². The van der Waals surface area contributed by atoms with E-state index in [0.29, 0.717) is 39.1 Å². The molecule has 2 saturated heterocycles. The number of ether oxygens (including phenoxy) is 1. The van der Waals surface area contributed by atoms with Crippen molar-refractivity contribution >= 4 is 17.7 Å². The molecule has 0 aromatic heterocycles. The molecule has 0 saturated carbocycles. The topological polar surface area (TPSA) is 53.1 Å². The fourth-order valence-electron chi connectivity index (χ4n) is 4.62. The number of para-hydroxylation sites is 1. The lowest BCUT2D eigenvalue weighted by Gasteiger charge is -2.43. The summed E-state index contributed by atoms with van der Waals surface area (Å²) in [6.07, 6.45) is 0.870. The fourth-order valence-corrected chi connectivity index (χ4v) is 4.62. The van der Waals surface area contributed by atoms with Crippen LogP contribution in [0.3, 0.4) is 0 Å². The Kier molecular flexibility index (Phi) is 5.89. The molecule has 2 fully saturated rings. The third-order valence-corrected chi connectivity index (χ3v) is 6.32. The van der Waals surface area contributed by atoms with Gasteiger partial charge in [-0.15, -0.1) is 0 Å². The van der Waals surface area contributed by atoms with Gasteiger partial charge in [0.05, 0.1) is 6.67 Å². The Morgan fingerprint density at radius 3 is 2.22 bits per heavy atom. The Hall–Kier alpha value is -3.02. The first-order chi connectivity index (χ1) is 15.2. The van der Waals surface area contributed by atoms with Crippen molar-refractivity contribution in [2.45, 2.75) is 58.2 Å². The molecule has 4 rings (SSSR count). The molecule has 2 aromatic carbocycles. The van der Waals surface area contributed by atoms with Gasteiger partial charge in [0.25, 0.3) is 0 Å². The van der Waals surface area contributed by atoms with E-state index in [0.717, 1.165) is 11.3 Å². The number of amides is 2. The van der Waals surface area contributed by atoms with Gasteiger partial charge in [0.2, 0.25) is 5.91 Å². The minimum atomic E-state index is -0.634. The Balaban J connectivity index is 1.56. The zero-order valence-electron chi connectivity index (χ0n) is 19.5. The van der Waals surface area contributed by atoms with Crippen LogP contribution in [0.15, 0.2) is 54.6 Å². The second-order valence-corrected chi connectivity index (χ2v) is 9.89. The maximum atomic E-state index is 13.8. The molecule has 2 aromatic rings. The van der Waals surface area contributed by atoms with Crippen LogP contribution in [0.5, 0.6) is 0 Å². The second kappa shape index (κ2) is 8.49. The third kappa shape index (κ3) is 4.45. The molecule has 0 aliphatic carbocycles. The van der Waals surface area contributed by atoms with Crippen molar-refractivity contribution in [1.82, 2.24) is 9.80 Å². The lowest BCUT2D eigenvalue weighted by atomic mass is 9.85. The number of aryl methyl sites for hydroxylation is 1. The van der Waals surface area contributed by atoms with Gasteiger partial charge in [0.1, 0.15) is 11.1 Å². The summed E-state index contributed by atoms with van der Waals surface area (Å²) >= 11 is 0. The molecule has 2 heterocycles. The highest BCUT2D eigenvalue weighted by Gasteiger charge is 2.54. The largest absolute Gasteiger partial charge is 0.444 e. The third-order valence-electron chi connectivity index (χ3n) is 6.32. The van der Waals surface area contributed by atoms with E-state index in [4.69, 9.17) is 4.74 Å². The van der Waals surface area contributed by atoms with Crippen LogP contribution in [0.25, 0.3) is 0 Å². The summed E-state index contributed by atoms with van der Waals surface area (Å²) in [5.74, 6) is 0.144. The molecule has 170 valence electrons. The predicted octanol–water partition coefficient (Wildman–Crippen LogP) is 4.57. The molecule has 6 heteroatoms. The summed E-state index contributed by atoms with van der Waals surface area (Å²) in [6.45, 7) is 9.81. The van der Waals surface area contributed by atoms with Crippen molar-refractivity contribution in [3.63, 3.8) is 0 Å². The van der Waals surface area contributed by atoms with Crippen LogP contribution in [0.2, 0.25) is 0 Å². The number of anilines is 1. The average molecular weight is 436 g/mol. The number of likely N-dealkylation sites (tertiary alicyclic amines) is 1. The molecule has 0 bridgehead atoms. The quantitative estimate of drug-likeness (QED) is 0.709. The van der Waals surface area contributed by atoms with Crippen LogP contribution in [0.4, 0.5) is 10.5 Å². The van der Waals surface area contributed by atoms with E-state index in [1.54, 1.807) is 4.90 Å². The van der Waals surface area contributed by atoms with E-state index >= 15 is 0 Å². The molecule has 32 heavy (non-hydrogen) atoms. The molecule has 2 amide bonds. The zero-order chi connectivity index (χ0) is 22.9. The van der Waals surface area contributed by atoms with Gasteiger partial charge >= 0.3 is 6.09 Å². The number of hydrogen-bond acceptors (Lipinski definition) is 4. The molecule has 0 radical (unpaired) electrons. The maximum Gasteiger partial charge on any atom is 0.410 e. The maximum absolute atomic E-state index is 13.8. The number of carbonyl (C=O) groups is 2. The summed E-state index contributed by atoms with van der Waals surface area (Å²) in [5.41, 5.74) is 2.21. The molecule has 2 aliphatic heterocycles. The van der Waals surface area contributed by atoms with E-state index in [-0.39, 0.29) is 12.0 Å². The number of piperidine rings is 1. The number of hydrogen-bond donors (Lipinski definition) is 0. The summed E-state index contributed by atoms with van der Waals surface area (Å²) in [6, 6.07) is 18.5. The van der Waals surface area contributed by atoms with Crippen LogP contribution >= 0.6 is 0 Å². The molecule has 0 atom stereocenters. The summed E-state index contributed by atoms with van der Waals surface area (Å²) in [7, 11) is 0. The zero-order valence-corrected chi connectivity index (χ0v) is 19.5. The van der Waals surface area contributed by atoms with Crippen molar-refractivity contribution < 1.29 is 14.3 Å². The lowest BCUT2D eigenvalue weighted by molar-refractivity contribution is -0.134. The highest BCUT2D eigenvalue weighted by molar-refractivity contribution is 5.93. The number of nitrogens with zero attached hydrogens (tertiary/aromatic N) is 3. The summed E-state index contributed by atoms with van der Waals surface area (Å²) in [4.78, 5) is 32.3. The Morgan fingerprint density at radius 1 is 1.00 bits per heavy atom. The van der Waals surface area contributed by atoms with E-state index < -0.39 is 11.1 Å². The minimum Gasteiger partial charge on any atom is -0.444 e. The van der Waals surface area contributed by atoms with Crippen LogP contribution in [0.1, 0.15) is 44.7 Å². The molecule has 0 unspecified atom stereocenters. The van der Waals surface area contributed by atoms with E-state index in [1.165, 1.54) is 5.56 Å². The van der Waals surface area contributed by atoms with E-state index in [2.05, 4.69) is 48.2 Å². The Bertz CT molecular complexity index is 958. The molecule has 6 nitrogen and oxygen atoms in total.